The molecule has 1 aromatic heterocycles. The minimum atomic E-state index is -0.102. The van der Waals surface area contributed by atoms with E-state index in [1.54, 1.807) is 17.4 Å². The average molecular weight is 315 g/mol. The van der Waals surface area contributed by atoms with Crippen LogP contribution in [0, 0.1) is 20.8 Å². The van der Waals surface area contributed by atoms with Gasteiger partial charge in [-0.1, -0.05) is 17.7 Å². The van der Waals surface area contributed by atoms with Gasteiger partial charge in [-0.2, -0.15) is 0 Å². The highest BCUT2D eigenvalue weighted by atomic mass is 32.1. The lowest BCUT2D eigenvalue weighted by atomic mass is 10.1. The second kappa shape index (κ2) is 7.80. The molecule has 0 saturated heterocycles. The number of nitrogens with one attached hydrogen (secondary N) is 1. The van der Waals surface area contributed by atoms with Gasteiger partial charge in [0, 0.05) is 15.8 Å². The van der Waals surface area contributed by atoms with Gasteiger partial charge in [0.2, 0.25) is 5.91 Å². The molecule has 0 saturated carbocycles. The van der Waals surface area contributed by atoms with E-state index >= 15 is 0 Å². The Morgan fingerprint density at radius 2 is 2.05 bits per heavy atom. The number of hydrogen-bond donors (Lipinski definition) is 1. The van der Waals surface area contributed by atoms with Crippen LogP contribution in [0.2, 0.25) is 0 Å². The molecular weight excluding hydrogens is 294 g/mol. The molecule has 0 unspecified atom stereocenters. The highest BCUT2D eigenvalue weighted by molar-refractivity contribution is 7.12. The summed E-state index contributed by atoms with van der Waals surface area (Å²) in [4.78, 5) is 14.0. The van der Waals surface area contributed by atoms with Crippen molar-refractivity contribution in [3.63, 3.8) is 0 Å². The molecule has 0 radical (unpaired) electrons. The lowest BCUT2D eigenvalue weighted by Crippen LogP contribution is -2.26. The van der Waals surface area contributed by atoms with E-state index in [-0.39, 0.29) is 5.91 Å². The summed E-state index contributed by atoms with van der Waals surface area (Å²) in [5.41, 5.74) is 2.33. The first-order chi connectivity index (χ1) is 10.5. The van der Waals surface area contributed by atoms with E-state index < -0.39 is 0 Å². The van der Waals surface area contributed by atoms with Crippen molar-refractivity contribution >= 4 is 23.3 Å². The quantitative estimate of drug-likeness (QED) is 0.649. The maximum absolute atomic E-state index is 11.7. The normalized spacial score (nSPS) is 10.9. The summed E-state index contributed by atoms with van der Waals surface area (Å²) in [7, 11) is 0. The van der Waals surface area contributed by atoms with Crippen molar-refractivity contribution in [1.82, 2.24) is 5.32 Å². The fourth-order valence-corrected chi connectivity index (χ4v) is 2.84. The average Bonchev–Trinajstić information content (AvgIpc) is 2.89. The predicted molar refractivity (Wildman–Crippen MR) is 92.5 cm³/mol. The first kappa shape index (κ1) is 16.3. The fraction of sp³-hybridized carbons (Fsp3) is 0.278. The van der Waals surface area contributed by atoms with E-state index in [0.717, 1.165) is 16.2 Å². The Morgan fingerprint density at radius 1 is 1.23 bits per heavy atom. The highest BCUT2D eigenvalue weighted by Gasteiger charge is 2.00. The molecule has 0 aliphatic rings. The summed E-state index contributed by atoms with van der Waals surface area (Å²) in [6.07, 6.45) is 3.39. The molecule has 1 N–H and O–H groups in total. The minimum absolute atomic E-state index is 0.102. The molecule has 22 heavy (non-hydrogen) atoms. The molecule has 0 aliphatic carbocycles. The third-order valence-corrected chi connectivity index (χ3v) is 4.12. The van der Waals surface area contributed by atoms with Crippen molar-refractivity contribution in [2.75, 3.05) is 13.2 Å². The lowest BCUT2D eigenvalue weighted by molar-refractivity contribution is -0.116. The van der Waals surface area contributed by atoms with Gasteiger partial charge in [-0.05, 0) is 50.6 Å². The smallest absolute Gasteiger partial charge is 0.244 e. The Balaban J connectivity index is 1.72. The molecule has 1 amide bonds. The van der Waals surface area contributed by atoms with Crippen molar-refractivity contribution in [1.29, 1.82) is 0 Å². The maximum atomic E-state index is 11.7. The number of ether oxygens (including phenoxy) is 1. The van der Waals surface area contributed by atoms with Gasteiger partial charge >= 0.3 is 0 Å². The number of carbonyl (C=O) groups is 1. The molecule has 3 nitrogen and oxygen atoms in total. The van der Waals surface area contributed by atoms with Crippen LogP contribution in [0.3, 0.4) is 0 Å². The number of hydrogen-bond acceptors (Lipinski definition) is 3. The Hall–Kier alpha value is -2.07. The summed E-state index contributed by atoms with van der Waals surface area (Å²) in [6.45, 7) is 7.07. The van der Waals surface area contributed by atoms with E-state index in [0.29, 0.717) is 13.2 Å². The van der Waals surface area contributed by atoms with Crippen LogP contribution in [0.1, 0.15) is 20.9 Å². The molecule has 0 aliphatic heterocycles. The standard InChI is InChI=1S/C18H21NO2S/c1-13-4-8-17(14(2)12-13)21-11-10-19-18(20)9-7-16-6-5-15(3)22-16/h4-9,12H,10-11H2,1-3H3,(H,19,20)/b9-7+. The van der Waals surface area contributed by atoms with Crippen molar-refractivity contribution in [3.8, 4) is 5.75 Å². The van der Waals surface area contributed by atoms with Crippen LogP contribution in [0.4, 0.5) is 0 Å². The SMILES string of the molecule is Cc1ccc(OCCNC(=O)/C=C/c2ccc(C)s2)c(C)c1. The molecule has 1 heterocycles. The van der Waals surface area contributed by atoms with E-state index in [9.17, 15) is 4.79 Å². The van der Waals surface area contributed by atoms with Gasteiger partial charge in [0.25, 0.3) is 0 Å². The molecular formula is C18H21NO2S. The number of rotatable bonds is 6. The number of thiophene rings is 1. The van der Waals surface area contributed by atoms with Gasteiger partial charge < -0.3 is 10.1 Å². The van der Waals surface area contributed by atoms with Crippen LogP contribution >= 0.6 is 11.3 Å². The van der Waals surface area contributed by atoms with Gasteiger partial charge in [0.15, 0.2) is 0 Å². The van der Waals surface area contributed by atoms with Crippen molar-refractivity contribution < 1.29 is 9.53 Å². The molecule has 2 rings (SSSR count). The molecule has 2 aromatic rings. The Morgan fingerprint density at radius 3 is 2.73 bits per heavy atom. The van der Waals surface area contributed by atoms with Crippen LogP contribution < -0.4 is 10.1 Å². The molecule has 0 bridgehead atoms. The first-order valence-electron chi connectivity index (χ1n) is 7.27. The number of aryl methyl sites for hydroxylation is 3. The van der Waals surface area contributed by atoms with E-state index in [4.69, 9.17) is 4.74 Å². The predicted octanol–water partition coefficient (Wildman–Crippen LogP) is 3.88. The zero-order chi connectivity index (χ0) is 15.9. The lowest BCUT2D eigenvalue weighted by Gasteiger charge is -2.09. The molecule has 4 heteroatoms. The summed E-state index contributed by atoms with van der Waals surface area (Å²) in [5, 5.41) is 2.81. The molecule has 0 fully saturated rings. The van der Waals surface area contributed by atoms with Crippen LogP contribution in [0.5, 0.6) is 5.75 Å². The van der Waals surface area contributed by atoms with Gasteiger partial charge in [0.1, 0.15) is 12.4 Å². The highest BCUT2D eigenvalue weighted by Crippen LogP contribution is 2.18. The second-order valence-corrected chi connectivity index (χ2v) is 6.51. The third kappa shape index (κ3) is 5.04. The summed E-state index contributed by atoms with van der Waals surface area (Å²) >= 11 is 1.67. The number of amides is 1. The molecule has 0 spiro atoms. The van der Waals surface area contributed by atoms with Crippen LogP contribution in [-0.2, 0) is 4.79 Å². The van der Waals surface area contributed by atoms with Crippen LogP contribution in [-0.4, -0.2) is 19.1 Å². The van der Waals surface area contributed by atoms with Gasteiger partial charge in [0.05, 0.1) is 6.54 Å². The first-order valence-corrected chi connectivity index (χ1v) is 8.08. The minimum Gasteiger partial charge on any atom is -0.491 e. The fourth-order valence-electron chi connectivity index (χ4n) is 2.06. The van der Waals surface area contributed by atoms with Crippen molar-refractivity contribution in [3.05, 3.63) is 57.3 Å². The second-order valence-electron chi connectivity index (χ2n) is 5.19. The van der Waals surface area contributed by atoms with Crippen molar-refractivity contribution in [2.45, 2.75) is 20.8 Å². The topological polar surface area (TPSA) is 38.3 Å². The molecule has 116 valence electrons. The van der Waals surface area contributed by atoms with E-state index in [1.807, 2.05) is 44.2 Å². The Bertz CT molecular complexity index is 673. The van der Waals surface area contributed by atoms with Crippen molar-refractivity contribution in [2.24, 2.45) is 0 Å². The summed E-state index contributed by atoms with van der Waals surface area (Å²) in [5.74, 6) is 0.764. The maximum Gasteiger partial charge on any atom is 0.244 e. The molecule has 0 atom stereocenters. The zero-order valence-corrected chi connectivity index (χ0v) is 14.0. The van der Waals surface area contributed by atoms with Crippen LogP contribution in [0.15, 0.2) is 36.4 Å². The van der Waals surface area contributed by atoms with Gasteiger partial charge in [-0.3, -0.25) is 4.79 Å². The van der Waals surface area contributed by atoms with E-state index in [2.05, 4.69) is 18.3 Å². The van der Waals surface area contributed by atoms with E-state index in [1.165, 1.54) is 10.4 Å². The summed E-state index contributed by atoms with van der Waals surface area (Å²) in [6, 6.07) is 10.1. The Labute approximate surface area is 135 Å². The molecule has 1 aromatic carbocycles. The number of benzene rings is 1. The monoisotopic (exact) mass is 315 g/mol. The van der Waals surface area contributed by atoms with Gasteiger partial charge in [-0.25, -0.2) is 0 Å². The number of carbonyl (C=O) groups excluding carboxylic acids is 1. The van der Waals surface area contributed by atoms with Gasteiger partial charge in [-0.15, -0.1) is 11.3 Å². The summed E-state index contributed by atoms with van der Waals surface area (Å²) < 4.78 is 5.67. The zero-order valence-electron chi connectivity index (χ0n) is 13.2. The largest absolute Gasteiger partial charge is 0.491 e. The third-order valence-electron chi connectivity index (χ3n) is 3.15. The van der Waals surface area contributed by atoms with Crippen LogP contribution in [0.25, 0.3) is 6.08 Å². The Kier molecular flexibility index (Phi) is 5.78.